The minimum Gasteiger partial charge on any atom is -0.258 e. The van der Waals surface area contributed by atoms with Crippen LogP contribution in [0, 0.1) is 10.1 Å². The molecular formula is C67H44Br2NO2PS2. The number of halogens is 2. The highest BCUT2D eigenvalue weighted by Crippen LogP contribution is 2.42. The Kier molecular flexibility index (Phi) is 13.9. The second kappa shape index (κ2) is 21.5. The second-order valence-electron chi connectivity index (χ2n) is 18.3. The topological polar surface area (TPSA) is 43.1 Å². The van der Waals surface area contributed by atoms with E-state index < -0.39 is 7.92 Å². The molecule has 0 unspecified atom stereocenters. The first kappa shape index (κ1) is 48.6. The van der Waals surface area contributed by atoms with Crippen molar-refractivity contribution < 1.29 is 4.92 Å². The maximum Gasteiger partial charge on any atom is 0.278 e. The molecule has 0 saturated carbocycles. The first-order valence-electron chi connectivity index (χ1n) is 24.6. The Balaban J connectivity index is 0.000000116. The van der Waals surface area contributed by atoms with Crippen molar-refractivity contribution in [2.45, 2.75) is 6.42 Å². The Morgan fingerprint density at radius 1 is 0.360 bits per heavy atom. The highest BCUT2D eigenvalue weighted by Gasteiger charge is 2.20. The van der Waals surface area contributed by atoms with E-state index >= 15 is 0 Å². The van der Waals surface area contributed by atoms with Crippen LogP contribution in [0.4, 0.5) is 5.69 Å². The fourth-order valence-corrected chi connectivity index (χ4v) is 15.3. The van der Waals surface area contributed by atoms with Gasteiger partial charge in [-0.3, -0.25) is 10.1 Å². The summed E-state index contributed by atoms with van der Waals surface area (Å²) in [4.78, 5) is 11.1. The van der Waals surface area contributed by atoms with E-state index in [4.69, 9.17) is 0 Å². The van der Waals surface area contributed by atoms with E-state index in [1.807, 2.05) is 41.7 Å². The van der Waals surface area contributed by atoms with Crippen LogP contribution in [0.2, 0.25) is 0 Å². The number of fused-ring (bicyclic) bond motifs is 9. The maximum atomic E-state index is 11.4. The predicted octanol–water partition coefficient (Wildman–Crippen LogP) is 19.6. The van der Waals surface area contributed by atoms with Crippen LogP contribution in [0.1, 0.15) is 11.1 Å². The Morgan fingerprint density at radius 3 is 1.28 bits per heavy atom. The summed E-state index contributed by atoms with van der Waals surface area (Å²) < 4.78 is 7.14. The van der Waals surface area contributed by atoms with Gasteiger partial charge in [-0.2, -0.15) is 0 Å². The highest BCUT2D eigenvalue weighted by atomic mass is 79.9. The average molecular weight is 1150 g/mol. The number of nitro groups is 1. The summed E-state index contributed by atoms with van der Waals surface area (Å²) in [6.45, 7) is 0. The number of hydrogen-bond acceptors (Lipinski definition) is 4. The average Bonchev–Trinajstić information content (AvgIpc) is 4.16. The summed E-state index contributed by atoms with van der Waals surface area (Å²) in [6.07, 6.45) is 1.02. The minimum atomic E-state index is -0.446. The van der Waals surface area contributed by atoms with E-state index in [1.165, 1.54) is 89.6 Å². The number of nitrogens with zero attached hydrogens (tertiary/aromatic N) is 1. The zero-order chi connectivity index (χ0) is 50.8. The van der Waals surface area contributed by atoms with Crippen LogP contribution < -0.4 is 15.9 Å². The van der Waals surface area contributed by atoms with Crippen LogP contribution in [0.3, 0.4) is 0 Å². The molecule has 0 bridgehead atoms. The van der Waals surface area contributed by atoms with E-state index in [-0.39, 0.29) is 10.6 Å². The number of hydrogen-bond donors (Lipinski definition) is 0. The monoisotopic (exact) mass is 1150 g/mol. The van der Waals surface area contributed by atoms with E-state index in [0.29, 0.717) is 10.0 Å². The molecule has 8 heteroatoms. The van der Waals surface area contributed by atoms with Crippen molar-refractivity contribution in [1.29, 1.82) is 0 Å². The first-order valence-corrected chi connectivity index (χ1v) is 29.1. The molecule has 1 aliphatic carbocycles. The normalized spacial score (nSPS) is 11.5. The Labute approximate surface area is 461 Å². The summed E-state index contributed by atoms with van der Waals surface area (Å²) in [6, 6.07) is 89.5. The summed E-state index contributed by atoms with van der Waals surface area (Å²) >= 11 is 10.6. The second-order valence-corrected chi connectivity index (χ2v) is 24.5. The molecule has 0 amide bonds. The lowest BCUT2D eigenvalue weighted by Crippen LogP contribution is -2.20. The number of thiophene rings is 2. The molecule has 0 atom stereocenters. The van der Waals surface area contributed by atoms with Gasteiger partial charge in [0, 0.05) is 55.4 Å². The smallest absolute Gasteiger partial charge is 0.258 e. The molecule has 0 radical (unpaired) electrons. The third-order valence-electron chi connectivity index (χ3n) is 13.7. The molecule has 0 aliphatic heterocycles. The molecule has 1 aliphatic rings. The van der Waals surface area contributed by atoms with Gasteiger partial charge in [-0.25, -0.2) is 0 Å². The molecule has 0 N–H and O–H groups in total. The van der Waals surface area contributed by atoms with Gasteiger partial charge in [0.25, 0.3) is 5.69 Å². The van der Waals surface area contributed by atoms with Gasteiger partial charge in [-0.05, 0) is 141 Å². The fraction of sp³-hybridized carbons (Fsp3) is 0.0149. The van der Waals surface area contributed by atoms with Crippen LogP contribution in [-0.4, -0.2) is 4.92 Å². The van der Waals surface area contributed by atoms with E-state index in [9.17, 15) is 10.1 Å². The van der Waals surface area contributed by atoms with E-state index in [0.717, 1.165) is 27.6 Å². The Morgan fingerprint density at radius 2 is 0.747 bits per heavy atom. The Bertz CT molecular complexity index is 4120. The summed E-state index contributed by atoms with van der Waals surface area (Å²) in [5.41, 5.74) is 12.0. The first-order chi connectivity index (χ1) is 36.8. The summed E-state index contributed by atoms with van der Waals surface area (Å²) in [7, 11) is -0.446. The third-order valence-corrected chi connectivity index (χ3v) is 19.4. The van der Waals surface area contributed by atoms with Gasteiger partial charge in [0.15, 0.2) is 0 Å². The van der Waals surface area contributed by atoms with E-state index in [1.54, 1.807) is 23.5 Å². The van der Waals surface area contributed by atoms with Crippen LogP contribution in [0.25, 0.3) is 84.9 Å². The van der Waals surface area contributed by atoms with Crippen LogP contribution in [0.15, 0.2) is 264 Å². The maximum absolute atomic E-state index is 11.4. The lowest BCUT2D eigenvalue weighted by atomic mass is 9.98. The van der Waals surface area contributed by atoms with Gasteiger partial charge in [0.05, 0.1) is 10.5 Å². The highest BCUT2D eigenvalue weighted by molar-refractivity contribution is 9.10. The number of benzene rings is 11. The lowest BCUT2D eigenvalue weighted by molar-refractivity contribution is -0.384. The van der Waals surface area contributed by atoms with E-state index in [2.05, 4.69) is 244 Å². The largest absolute Gasteiger partial charge is 0.278 e. The van der Waals surface area contributed by atoms with Crippen molar-refractivity contribution in [1.82, 2.24) is 0 Å². The summed E-state index contributed by atoms with van der Waals surface area (Å²) in [5.74, 6) is 0. The van der Waals surface area contributed by atoms with Crippen molar-refractivity contribution in [2.24, 2.45) is 0 Å². The number of rotatable bonds is 7. The number of nitro benzene ring substituents is 1. The molecule has 0 spiro atoms. The van der Waals surface area contributed by atoms with Gasteiger partial charge in [0.2, 0.25) is 0 Å². The standard InChI is InChI=1S/C25H15BrS.C24H14BrNO2S.C18H15P/c26-19-7-9-21-18(13-19)12-17-11-15(5-8-20(17)21)16-6-10-25-23(14-16)22-3-1-2-4-24(22)27-25;25-18-10-11-19(22(14-18)26(27)28)16-7-5-15(6-8-16)17-9-12-24-21(13-17)20-3-1-2-4-23(20)29-24;1-4-10-16(11-5-1)19(17-12-6-2-7-13-17)18-14-8-3-9-15-18/h1-11,13-14H,12H2;1-14H;1-15H. The molecule has 11 aromatic carbocycles. The fourth-order valence-electron chi connectivity index (χ4n) is 10.1. The molecule has 2 heterocycles. The van der Waals surface area contributed by atoms with Crippen LogP contribution >= 0.6 is 62.5 Å². The van der Waals surface area contributed by atoms with Crippen molar-refractivity contribution >= 4 is 124 Å². The molecule has 2 aromatic heterocycles. The molecule has 3 nitrogen and oxygen atoms in total. The van der Waals surface area contributed by atoms with Crippen molar-refractivity contribution in [3.63, 3.8) is 0 Å². The molecule has 360 valence electrons. The zero-order valence-electron chi connectivity index (χ0n) is 40.2. The molecule has 75 heavy (non-hydrogen) atoms. The zero-order valence-corrected chi connectivity index (χ0v) is 45.9. The van der Waals surface area contributed by atoms with Crippen molar-refractivity contribution in [3.05, 3.63) is 285 Å². The molecule has 0 fully saturated rings. The molecule has 13 aromatic rings. The quantitative estimate of drug-likeness (QED) is 0.0907. The molecule has 0 saturated heterocycles. The summed E-state index contributed by atoms with van der Waals surface area (Å²) in [5, 5.41) is 20.9. The van der Waals surface area contributed by atoms with Gasteiger partial charge >= 0.3 is 0 Å². The molecular weight excluding hydrogens is 1110 g/mol. The Hall–Kier alpha value is -7.35. The van der Waals surface area contributed by atoms with Crippen molar-refractivity contribution in [2.75, 3.05) is 0 Å². The van der Waals surface area contributed by atoms with Crippen LogP contribution in [0.5, 0.6) is 0 Å². The minimum absolute atomic E-state index is 0.0956. The SMILES string of the molecule is Brc1ccc2c(c1)Cc1cc(-c3ccc4sc5ccccc5c4c3)ccc1-2.O=[N+]([O-])c1cc(Br)ccc1-c1ccc(-c2ccc3sc4ccccc4c3c2)cc1.c1ccc(P(c2ccccc2)c2ccccc2)cc1. The lowest BCUT2D eigenvalue weighted by Gasteiger charge is -2.18. The van der Waals surface area contributed by atoms with Crippen molar-refractivity contribution in [3.8, 4) is 44.5 Å². The van der Waals surface area contributed by atoms with Crippen LogP contribution in [-0.2, 0) is 6.42 Å². The predicted molar refractivity (Wildman–Crippen MR) is 330 cm³/mol. The molecule has 14 rings (SSSR count). The van der Waals surface area contributed by atoms with Gasteiger partial charge in [-0.15, -0.1) is 22.7 Å². The van der Waals surface area contributed by atoms with Gasteiger partial charge in [0.1, 0.15) is 0 Å². The van der Waals surface area contributed by atoms with Gasteiger partial charge in [-0.1, -0.05) is 220 Å². The third kappa shape index (κ3) is 10.2. The van der Waals surface area contributed by atoms with Gasteiger partial charge < -0.3 is 0 Å².